The van der Waals surface area contributed by atoms with Gasteiger partial charge in [-0.2, -0.15) is 0 Å². The molecule has 1 saturated heterocycles. The summed E-state index contributed by atoms with van der Waals surface area (Å²) >= 11 is 5.88. The van der Waals surface area contributed by atoms with Gasteiger partial charge >= 0.3 is 0 Å². The molecule has 20 heavy (non-hydrogen) atoms. The number of halogens is 1. The van der Waals surface area contributed by atoms with Crippen molar-refractivity contribution in [1.82, 2.24) is 15.3 Å². The summed E-state index contributed by atoms with van der Waals surface area (Å²) in [6.07, 6.45) is 5.02. The Morgan fingerprint density at radius 3 is 3.00 bits per heavy atom. The smallest absolute Gasteiger partial charge is 0.139 e. The van der Waals surface area contributed by atoms with Crippen LogP contribution in [-0.4, -0.2) is 38.3 Å². The predicted octanol–water partition coefficient (Wildman–Crippen LogP) is 2.26. The molecule has 2 N–H and O–H groups in total. The fraction of sp³-hybridized carbons (Fsp3) is 0.500. The molecule has 0 atom stereocenters. The molecule has 1 fully saturated rings. The van der Waals surface area contributed by atoms with E-state index in [1.807, 2.05) is 18.3 Å². The monoisotopic (exact) mass is 311 g/mol. The number of hydrogen-bond donors (Lipinski definition) is 2. The highest BCUT2D eigenvalue weighted by molar-refractivity contribution is 7.85. The molecule has 0 aromatic carbocycles. The molecule has 0 bridgehead atoms. The molecule has 0 saturated carbocycles. The zero-order valence-electron chi connectivity index (χ0n) is 11.2. The molecule has 1 aliphatic rings. The van der Waals surface area contributed by atoms with Gasteiger partial charge in [0.25, 0.3) is 0 Å². The summed E-state index contributed by atoms with van der Waals surface area (Å²) in [5, 5.41) is 5.21. The van der Waals surface area contributed by atoms with Gasteiger partial charge in [0.2, 0.25) is 0 Å². The Morgan fingerprint density at radius 1 is 1.40 bits per heavy atom. The van der Waals surface area contributed by atoms with E-state index in [1.54, 1.807) is 0 Å². The van der Waals surface area contributed by atoms with Crippen molar-refractivity contribution in [2.45, 2.75) is 25.3 Å². The van der Waals surface area contributed by atoms with E-state index in [2.05, 4.69) is 15.3 Å². The molecule has 108 valence electrons. The summed E-state index contributed by atoms with van der Waals surface area (Å²) in [5.74, 6) is 1.68. The van der Waals surface area contributed by atoms with Crippen molar-refractivity contribution in [2.24, 2.45) is 0 Å². The van der Waals surface area contributed by atoms with Crippen LogP contribution in [0.15, 0.2) is 18.3 Å². The van der Waals surface area contributed by atoms with Crippen LogP contribution in [0, 0.1) is 0 Å². The number of hydrogen-bond acceptors (Lipinski definition) is 3. The summed E-state index contributed by atoms with van der Waals surface area (Å²) in [6, 6.07) is 4.36. The lowest BCUT2D eigenvalue weighted by Gasteiger charge is -2.22. The predicted molar refractivity (Wildman–Crippen MR) is 83.7 cm³/mol. The van der Waals surface area contributed by atoms with Crippen LogP contribution < -0.4 is 5.32 Å². The topological polar surface area (TPSA) is 57.8 Å². The Bertz CT molecular complexity index is 618. The maximum absolute atomic E-state index is 11.3. The molecule has 0 radical (unpaired) electrons. The average molecular weight is 312 g/mol. The number of aromatic amines is 1. The maximum Gasteiger partial charge on any atom is 0.139 e. The van der Waals surface area contributed by atoms with E-state index in [-0.39, 0.29) is 0 Å². The first-order valence-electron chi connectivity index (χ1n) is 6.93. The highest BCUT2D eigenvalue weighted by Crippen LogP contribution is 2.19. The molecular formula is C14H18ClN3OS. The number of fused-ring (bicyclic) bond motifs is 1. The quantitative estimate of drug-likeness (QED) is 0.852. The number of nitrogens with zero attached hydrogens (tertiary/aromatic N) is 1. The van der Waals surface area contributed by atoms with E-state index in [0.717, 1.165) is 48.3 Å². The summed E-state index contributed by atoms with van der Waals surface area (Å²) in [4.78, 5) is 7.42. The SMILES string of the molecule is O=S1CCC(NCCc2c[nH]c3nc(Cl)ccc23)CC1. The Hall–Kier alpha value is -0.910. The Balaban J connectivity index is 1.56. The fourth-order valence-corrected chi connectivity index (χ4v) is 4.10. The first kappa shape index (κ1) is 14.0. The number of aromatic nitrogens is 2. The van der Waals surface area contributed by atoms with Gasteiger partial charge in [0.15, 0.2) is 0 Å². The zero-order valence-corrected chi connectivity index (χ0v) is 12.8. The van der Waals surface area contributed by atoms with Crippen LogP contribution in [0.4, 0.5) is 0 Å². The minimum absolute atomic E-state index is 0.513. The molecule has 3 rings (SSSR count). The highest BCUT2D eigenvalue weighted by Gasteiger charge is 2.17. The van der Waals surface area contributed by atoms with Gasteiger partial charge in [-0.05, 0) is 43.5 Å². The lowest BCUT2D eigenvalue weighted by Crippen LogP contribution is -2.36. The lowest BCUT2D eigenvalue weighted by molar-refractivity contribution is 0.479. The normalized spacial score (nSPS) is 23.2. The number of pyridine rings is 1. The summed E-state index contributed by atoms with van der Waals surface area (Å²) < 4.78 is 11.3. The van der Waals surface area contributed by atoms with Crippen molar-refractivity contribution in [2.75, 3.05) is 18.1 Å². The third kappa shape index (κ3) is 3.22. The van der Waals surface area contributed by atoms with E-state index in [1.165, 1.54) is 5.56 Å². The molecule has 4 nitrogen and oxygen atoms in total. The van der Waals surface area contributed by atoms with Crippen molar-refractivity contribution < 1.29 is 4.21 Å². The van der Waals surface area contributed by atoms with Gasteiger partial charge in [0, 0.05) is 39.9 Å². The van der Waals surface area contributed by atoms with E-state index in [9.17, 15) is 4.21 Å². The van der Waals surface area contributed by atoms with Gasteiger partial charge in [-0.1, -0.05) is 11.6 Å². The van der Waals surface area contributed by atoms with Gasteiger partial charge in [-0.25, -0.2) is 4.98 Å². The van der Waals surface area contributed by atoms with Crippen LogP contribution in [0.25, 0.3) is 11.0 Å². The second kappa shape index (κ2) is 6.24. The van der Waals surface area contributed by atoms with Gasteiger partial charge in [0.1, 0.15) is 10.8 Å². The highest BCUT2D eigenvalue weighted by atomic mass is 35.5. The molecule has 3 heterocycles. The van der Waals surface area contributed by atoms with Crippen molar-refractivity contribution in [1.29, 1.82) is 0 Å². The van der Waals surface area contributed by atoms with Crippen LogP contribution in [0.2, 0.25) is 5.15 Å². The van der Waals surface area contributed by atoms with E-state index < -0.39 is 10.8 Å². The molecule has 0 spiro atoms. The maximum atomic E-state index is 11.3. The van der Waals surface area contributed by atoms with Gasteiger partial charge < -0.3 is 10.3 Å². The second-order valence-electron chi connectivity index (χ2n) is 5.17. The van der Waals surface area contributed by atoms with Crippen LogP contribution in [0.5, 0.6) is 0 Å². The molecule has 0 amide bonds. The second-order valence-corrected chi connectivity index (χ2v) is 7.25. The minimum Gasteiger partial charge on any atom is -0.346 e. The third-order valence-corrected chi connectivity index (χ3v) is 5.40. The molecule has 6 heteroatoms. The van der Waals surface area contributed by atoms with Crippen LogP contribution >= 0.6 is 11.6 Å². The molecule has 0 aliphatic carbocycles. The van der Waals surface area contributed by atoms with Gasteiger partial charge in [-0.3, -0.25) is 4.21 Å². The third-order valence-electron chi connectivity index (χ3n) is 3.81. The molecule has 0 unspecified atom stereocenters. The average Bonchev–Trinajstić information content (AvgIpc) is 2.83. The number of rotatable bonds is 4. The molecule has 2 aromatic heterocycles. The summed E-state index contributed by atoms with van der Waals surface area (Å²) in [7, 11) is -0.583. The van der Waals surface area contributed by atoms with Crippen molar-refractivity contribution >= 4 is 33.4 Å². The van der Waals surface area contributed by atoms with E-state index >= 15 is 0 Å². The van der Waals surface area contributed by atoms with E-state index in [0.29, 0.717) is 11.2 Å². The largest absolute Gasteiger partial charge is 0.346 e. The molecular weight excluding hydrogens is 294 g/mol. The first-order chi connectivity index (χ1) is 9.72. The minimum atomic E-state index is -0.583. The van der Waals surface area contributed by atoms with E-state index in [4.69, 9.17) is 11.6 Å². The van der Waals surface area contributed by atoms with Crippen molar-refractivity contribution in [3.63, 3.8) is 0 Å². The summed E-state index contributed by atoms with van der Waals surface area (Å²) in [6.45, 7) is 0.937. The molecule has 2 aromatic rings. The summed E-state index contributed by atoms with van der Waals surface area (Å²) in [5.41, 5.74) is 2.11. The number of nitrogens with one attached hydrogen (secondary N) is 2. The Morgan fingerprint density at radius 2 is 2.20 bits per heavy atom. The first-order valence-corrected chi connectivity index (χ1v) is 8.80. The van der Waals surface area contributed by atoms with Crippen LogP contribution in [0.1, 0.15) is 18.4 Å². The van der Waals surface area contributed by atoms with Crippen molar-refractivity contribution in [3.05, 3.63) is 29.0 Å². The van der Waals surface area contributed by atoms with Crippen LogP contribution in [-0.2, 0) is 17.2 Å². The number of H-pyrrole nitrogens is 1. The Labute approximate surface area is 125 Å². The standard InChI is InChI=1S/C14H18ClN3OS/c15-13-2-1-12-10(9-17-14(12)18-13)3-6-16-11-4-7-20(19)8-5-11/h1-2,9,11,16H,3-8H2,(H,17,18). The van der Waals surface area contributed by atoms with Gasteiger partial charge in [-0.15, -0.1) is 0 Å². The molecule has 1 aliphatic heterocycles. The Kier molecular flexibility index (Phi) is 4.38. The van der Waals surface area contributed by atoms with Crippen LogP contribution in [0.3, 0.4) is 0 Å². The lowest BCUT2D eigenvalue weighted by atomic mass is 10.1. The zero-order chi connectivity index (χ0) is 13.9. The van der Waals surface area contributed by atoms with Gasteiger partial charge in [0.05, 0.1) is 0 Å². The van der Waals surface area contributed by atoms with Crippen molar-refractivity contribution in [3.8, 4) is 0 Å². The fourth-order valence-electron chi connectivity index (χ4n) is 2.65.